The van der Waals surface area contributed by atoms with E-state index in [1.165, 1.54) is 0 Å². The van der Waals surface area contributed by atoms with Crippen molar-refractivity contribution in [1.29, 1.82) is 0 Å². The summed E-state index contributed by atoms with van der Waals surface area (Å²) in [5, 5.41) is 29.7. The predicted molar refractivity (Wildman–Crippen MR) is 285 cm³/mol. The van der Waals surface area contributed by atoms with E-state index in [2.05, 4.69) is 62.5 Å². The molecule has 408 valence electrons. The van der Waals surface area contributed by atoms with E-state index in [0.717, 1.165) is 71.2 Å². The number of methoxy groups -OCH3 is 2. The van der Waals surface area contributed by atoms with Gasteiger partial charge in [0.2, 0.25) is 0 Å². The Morgan fingerprint density at radius 1 is 0.726 bits per heavy atom. The third-order valence-corrected chi connectivity index (χ3v) is 14.4. The van der Waals surface area contributed by atoms with Gasteiger partial charge in [-0.3, -0.25) is 0 Å². The topological polar surface area (TPSA) is 172 Å². The van der Waals surface area contributed by atoms with Crippen LogP contribution < -0.4 is 30.7 Å². The number of aliphatic hydroxyl groups is 2. The van der Waals surface area contributed by atoms with Gasteiger partial charge in [-0.25, -0.2) is 0 Å². The second-order valence-corrected chi connectivity index (χ2v) is 19.4. The van der Waals surface area contributed by atoms with Crippen LogP contribution in [0.5, 0.6) is 11.5 Å². The molecule has 1 aromatic carbocycles. The maximum Gasteiger partial charge on any atom is 3.00 e. The van der Waals surface area contributed by atoms with Crippen molar-refractivity contribution in [3.63, 3.8) is 0 Å². The van der Waals surface area contributed by atoms with E-state index in [4.69, 9.17) is 42.9 Å². The van der Waals surface area contributed by atoms with Gasteiger partial charge in [-0.2, -0.15) is 0 Å². The molecule has 0 spiro atoms. The number of aliphatic hydroxyl groups excluding tert-OH is 2. The molecule has 0 fully saturated rings. The minimum Gasteiger partial charge on any atom is -0.358 e. The van der Waals surface area contributed by atoms with E-state index in [9.17, 15) is 20.5 Å². The van der Waals surface area contributed by atoms with Gasteiger partial charge in [-0.15, -0.1) is 0 Å². The van der Waals surface area contributed by atoms with Crippen molar-refractivity contribution in [2.24, 2.45) is 4.99 Å². The number of halogens is 1. The van der Waals surface area contributed by atoms with Crippen molar-refractivity contribution < 1.29 is 95.7 Å². The first kappa shape index (κ1) is 67.6. The Morgan fingerprint density at radius 2 is 1.22 bits per heavy atom. The van der Waals surface area contributed by atoms with Crippen molar-refractivity contribution in [2.45, 2.75) is 93.0 Å². The van der Waals surface area contributed by atoms with Gasteiger partial charge in [-0.05, 0) is 0 Å². The normalized spacial score (nSPS) is 16.4. The average Bonchev–Trinajstić information content (AvgIpc) is 3.73. The fraction of sp³-hybridized carbons (Fsp3) is 0.554. The van der Waals surface area contributed by atoms with Gasteiger partial charge in [0.05, 0.1) is 46.2 Å². The molecule has 4 rings (SSSR count). The van der Waals surface area contributed by atoms with E-state index in [1.54, 1.807) is 14.2 Å². The van der Waals surface area contributed by atoms with Crippen LogP contribution in [0.4, 0.5) is 5.69 Å². The molecular weight excluding hydrogens is 1090 g/mol. The molecule has 15 nitrogen and oxygen atoms in total. The van der Waals surface area contributed by atoms with Crippen molar-refractivity contribution in [3.8, 4) is 11.5 Å². The molecule has 17 heteroatoms. The van der Waals surface area contributed by atoms with Gasteiger partial charge in [0.25, 0.3) is 0 Å². The number of rotatable bonds is 34. The van der Waals surface area contributed by atoms with E-state index < -0.39 is 21.2 Å². The standard InChI is InChI=1S/C54H79IN4O11.2CH3.Mn/c1-10-44-45(11-2)52(32-48-47(15-13-17-61)41(7)49(36-56)57-48)59(62)51(44)31-42-34-55-35-43(40(6)46(42)14-12-16-60)37-58(38(3)4)50-33-54(70-29-27-68-25-23-66-21-19-64-9)53(30-39(50)5)69-28-26-67-24-22-65-20-18-63-8;;;/h30-33,35-38,60-61H,10-29,34H2,1-9H3;2*1H3;/q;2*-1;+3/b42-31+,48-32-,58-37?;;;. The second kappa shape index (κ2) is 37.3. The van der Waals surface area contributed by atoms with Crippen LogP contribution in [0.25, 0.3) is 5.41 Å². The van der Waals surface area contributed by atoms with Crippen LogP contribution in [0.1, 0.15) is 85.6 Å². The molecule has 0 atom stereocenters. The van der Waals surface area contributed by atoms with Gasteiger partial charge in [0, 0.05) is 14.2 Å². The number of nitrogens with zero attached hydrogens (tertiary/aromatic N) is 4. The van der Waals surface area contributed by atoms with Gasteiger partial charge in [0.1, 0.15) is 0 Å². The molecule has 0 amide bonds. The Balaban J connectivity index is 0.00000888. The number of ether oxygens (including phenoxy) is 8. The summed E-state index contributed by atoms with van der Waals surface area (Å²) in [5.74, 6) is 1.21. The van der Waals surface area contributed by atoms with E-state index in [-0.39, 0.29) is 51.2 Å². The summed E-state index contributed by atoms with van der Waals surface area (Å²) in [7, 11) is 3.29. The summed E-state index contributed by atoms with van der Waals surface area (Å²) >= 11 is -0.490. The number of benzene rings is 1. The largest absolute Gasteiger partial charge is 3.00 e. The molecule has 2 N–H and O–H groups in total. The van der Waals surface area contributed by atoms with Crippen LogP contribution in [-0.2, 0) is 45.5 Å². The number of hydrogen-bond donors (Lipinski definition) is 2. The Kier molecular flexibility index (Phi) is 34.5. The number of hydrogen-bond acceptors (Lipinski definition) is 12. The van der Waals surface area contributed by atoms with Crippen LogP contribution in [-0.4, -0.2) is 155 Å². The van der Waals surface area contributed by atoms with E-state index in [1.807, 2.05) is 25.1 Å². The SMILES string of the molecule is CCC1=C(/C=C2\C[I-]C=C(C=[N+](c3cc(OCCOCCOCCOC)c(OCCOCCOCCOC)cc3C)C(C)C)C(C)=C2CCCO)[N+](=O)C(/C=C2\N=C(C=[N-])C(C)=C2CCCO)=C1CC.[CH3-].[CH3-].[Mn+3]. The number of allylic oxidation sites excluding steroid dienone is 10. The number of aryl methyl sites for hydroxylation is 1. The quantitative estimate of drug-likeness (QED) is 0.0151. The van der Waals surface area contributed by atoms with E-state index in [0.29, 0.717) is 152 Å². The van der Waals surface area contributed by atoms with Gasteiger partial charge >= 0.3 is 362 Å². The first-order valence-electron chi connectivity index (χ1n) is 24.6. The molecule has 0 radical (unpaired) electrons. The zero-order valence-electron chi connectivity index (χ0n) is 45.6. The van der Waals surface area contributed by atoms with Gasteiger partial charge in [0.15, 0.2) is 0 Å². The molecule has 1 aromatic rings. The fourth-order valence-electron chi connectivity index (χ4n) is 8.29. The number of nitroso groups, excluding NO2 is 1. The second-order valence-electron chi connectivity index (χ2n) is 17.1. The monoisotopic (exact) mass is 1170 g/mol. The number of alkyl halides is 1. The minimum absolute atomic E-state index is 0. The summed E-state index contributed by atoms with van der Waals surface area (Å²) < 4.78 is 51.9. The molecule has 0 saturated heterocycles. The van der Waals surface area contributed by atoms with Crippen LogP contribution in [0.3, 0.4) is 0 Å². The Labute approximate surface area is 458 Å². The molecule has 3 aliphatic rings. The van der Waals surface area contributed by atoms with Gasteiger partial charge in [-0.1, -0.05) is 0 Å². The molecule has 0 aliphatic carbocycles. The Bertz CT molecular complexity index is 2220. The third kappa shape index (κ3) is 20.2. The first-order valence-corrected chi connectivity index (χ1v) is 27.4. The minimum atomic E-state index is -0.490. The summed E-state index contributed by atoms with van der Waals surface area (Å²) in [6, 6.07) is 4.13. The summed E-state index contributed by atoms with van der Waals surface area (Å²) in [5.41, 5.74) is 12.5. The summed E-state index contributed by atoms with van der Waals surface area (Å²) in [6.07, 6.45) is 10.9. The van der Waals surface area contributed by atoms with Crippen molar-refractivity contribution >= 4 is 23.8 Å². The maximum absolute atomic E-state index is 14.6. The van der Waals surface area contributed by atoms with Crippen LogP contribution >= 0.6 is 0 Å². The smallest absolute Gasteiger partial charge is 0.358 e. The molecular formula is C56H85IMnN4O11+. The predicted octanol–water partition coefficient (Wildman–Crippen LogP) is 6.32. The van der Waals surface area contributed by atoms with Crippen LogP contribution in [0.2, 0.25) is 0 Å². The fourth-order valence-corrected chi connectivity index (χ4v) is 10.8. The van der Waals surface area contributed by atoms with E-state index >= 15 is 0 Å². The molecule has 0 unspecified atom stereocenters. The maximum atomic E-state index is 14.6. The molecule has 0 saturated carbocycles. The third-order valence-electron chi connectivity index (χ3n) is 12.0. The summed E-state index contributed by atoms with van der Waals surface area (Å²) in [4.78, 5) is 19.3. The zero-order chi connectivity index (χ0) is 50.8. The zero-order valence-corrected chi connectivity index (χ0v) is 48.9. The van der Waals surface area contributed by atoms with Crippen molar-refractivity contribution in [3.05, 3.63) is 121 Å². The first-order chi connectivity index (χ1) is 34.0. The number of aliphatic imine (C=N–C) groups is 1. The Morgan fingerprint density at radius 3 is 1.71 bits per heavy atom. The Hall–Kier alpha value is -3.46. The molecule has 3 heterocycles. The van der Waals surface area contributed by atoms with Crippen molar-refractivity contribution in [2.75, 3.05) is 111 Å². The van der Waals surface area contributed by atoms with Crippen LogP contribution in [0, 0.1) is 26.7 Å². The summed E-state index contributed by atoms with van der Waals surface area (Å²) in [6.45, 7) is 20.0. The molecule has 0 aromatic heterocycles. The molecule has 0 bridgehead atoms. The van der Waals surface area contributed by atoms with Gasteiger partial charge < -0.3 is 38.9 Å². The molecule has 73 heavy (non-hydrogen) atoms. The molecule has 3 aliphatic heterocycles. The van der Waals surface area contributed by atoms with Crippen LogP contribution in [0.15, 0.2) is 95.0 Å². The average molecular weight is 1170 g/mol. The van der Waals surface area contributed by atoms with Crippen molar-refractivity contribution in [1.82, 2.24) is 0 Å².